The summed E-state index contributed by atoms with van der Waals surface area (Å²) in [4.78, 5) is 0.551. The molecule has 0 radical (unpaired) electrons. The topological polar surface area (TPSA) is 72.2 Å². The first-order valence-corrected chi connectivity index (χ1v) is 8.46. The van der Waals surface area contributed by atoms with Crippen molar-refractivity contribution in [1.82, 2.24) is 4.72 Å². The summed E-state index contributed by atoms with van der Waals surface area (Å²) in [5, 5.41) is 0. The summed E-state index contributed by atoms with van der Waals surface area (Å²) >= 11 is 4.93. The normalized spacial score (nSPS) is 12.3. The van der Waals surface area contributed by atoms with Crippen molar-refractivity contribution in [3.05, 3.63) is 29.8 Å². The molecule has 0 fully saturated rings. The van der Waals surface area contributed by atoms with Crippen LogP contribution in [0.2, 0.25) is 0 Å². The highest BCUT2D eigenvalue weighted by Gasteiger charge is 2.24. The fourth-order valence-electron chi connectivity index (χ4n) is 1.57. The van der Waals surface area contributed by atoms with Gasteiger partial charge >= 0.3 is 0 Å². The Balaban J connectivity index is 2.81. The second kappa shape index (κ2) is 6.65. The Labute approximate surface area is 126 Å². The van der Waals surface area contributed by atoms with Crippen molar-refractivity contribution in [2.45, 2.75) is 38.5 Å². The number of benzene rings is 1. The van der Waals surface area contributed by atoms with Crippen LogP contribution in [0.1, 0.15) is 32.8 Å². The van der Waals surface area contributed by atoms with E-state index < -0.39 is 15.4 Å². The molecule has 112 valence electrons. The molecule has 1 aromatic carbocycles. The van der Waals surface area contributed by atoms with E-state index in [0.29, 0.717) is 4.99 Å². The molecule has 0 aliphatic rings. The lowest BCUT2D eigenvalue weighted by Crippen LogP contribution is -2.41. The molecule has 0 aromatic heterocycles. The van der Waals surface area contributed by atoms with E-state index in [9.17, 15) is 8.42 Å². The van der Waals surface area contributed by atoms with Gasteiger partial charge in [-0.3, -0.25) is 0 Å². The van der Waals surface area contributed by atoms with Gasteiger partial charge in [0.25, 0.3) is 0 Å². The fraction of sp³-hybridized carbons (Fsp3) is 0.500. The lowest BCUT2D eigenvalue weighted by molar-refractivity contribution is 0.501. The maximum atomic E-state index is 12.2. The third kappa shape index (κ3) is 4.54. The molecular weight excluding hydrogens is 292 g/mol. The molecule has 0 aliphatic heterocycles. The van der Waals surface area contributed by atoms with Gasteiger partial charge in [0.1, 0.15) is 0 Å². The van der Waals surface area contributed by atoms with Crippen LogP contribution in [-0.2, 0) is 16.4 Å². The van der Waals surface area contributed by atoms with E-state index in [1.807, 2.05) is 26.0 Å². The molecular formula is C14H22N2O2S2. The Hall–Kier alpha value is -0.980. The number of hydrogen-bond acceptors (Lipinski definition) is 3. The molecule has 4 nitrogen and oxygen atoms in total. The SMILES string of the molecule is CCCc1ccc(S(=O)(=O)NCC(C)(C)C(N)=S)cc1. The van der Waals surface area contributed by atoms with Gasteiger partial charge in [0.2, 0.25) is 10.0 Å². The molecule has 3 N–H and O–H groups in total. The maximum Gasteiger partial charge on any atom is 0.240 e. The van der Waals surface area contributed by atoms with Gasteiger partial charge in [0.15, 0.2) is 0 Å². The molecule has 0 aliphatic carbocycles. The monoisotopic (exact) mass is 314 g/mol. The van der Waals surface area contributed by atoms with E-state index in [2.05, 4.69) is 11.6 Å². The second-order valence-electron chi connectivity index (χ2n) is 5.47. The zero-order valence-electron chi connectivity index (χ0n) is 12.1. The van der Waals surface area contributed by atoms with E-state index in [4.69, 9.17) is 18.0 Å². The molecule has 6 heteroatoms. The summed E-state index contributed by atoms with van der Waals surface area (Å²) in [5.41, 5.74) is 6.17. The summed E-state index contributed by atoms with van der Waals surface area (Å²) < 4.78 is 26.9. The average molecular weight is 314 g/mol. The third-order valence-electron chi connectivity index (χ3n) is 3.14. The predicted octanol–water partition coefficient (Wildman–Crippen LogP) is 2.23. The van der Waals surface area contributed by atoms with Crippen molar-refractivity contribution >= 4 is 27.2 Å². The van der Waals surface area contributed by atoms with Crippen LogP contribution < -0.4 is 10.5 Å². The smallest absolute Gasteiger partial charge is 0.240 e. The first-order chi connectivity index (χ1) is 9.19. The lowest BCUT2D eigenvalue weighted by atomic mass is 9.94. The number of hydrogen-bond donors (Lipinski definition) is 2. The van der Waals surface area contributed by atoms with Gasteiger partial charge in [0.05, 0.1) is 9.88 Å². The fourth-order valence-corrected chi connectivity index (χ4v) is 2.85. The summed E-state index contributed by atoms with van der Waals surface area (Å²) in [6, 6.07) is 6.94. The van der Waals surface area contributed by atoms with Crippen LogP contribution in [0.3, 0.4) is 0 Å². The summed E-state index contributed by atoms with van der Waals surface area (Å²) in [6.45, 7) is 5.88. The van der Waals surface area contributed by atoms with Crippen LogP contribution in [0.5, 0.6) is 0 Å². The van der Waals surface area contributed by atoms with E-state index in [-0.39, 0.29) is 11.4 Å². The highest BCUT2D eigenvalue weighted by atomic mass is 32.2. The lowest BCUT2D eigenvalue weighted by Gasteiger charge is -2.23. The number of thiocarbonyl (C=S) groups is 1. The van der Waals surface area contributed by atoms with Crippen LogP contribution >= 0.6 is 12.2 Å². The number of aryl methyl sites for hydroxylation is 1. The van der Waals surface area contributed by atoms with E-state index in [0.717, 1.165) is 18.4 Å². The Bertz CT molecular complexity index is 563. The number of nitrogens with one attached hydrogen (secondary N) is 1. The van der Waals surface area contributed by atoms with Gasteiger partial charge in [-0.15, -0.1) is 0 Å². The van der Waals surface area contributed by atoms with Crippen LogP contribution in [0, 0.1) is 5.41 Å². The average Bonchev–Trinajstić information content (AvgIpc) is 2.38. The molecule has 0 bridgehead atoms. The Morgan fingerprint density at radius 2 is 1.85 bits per heavy atom. The number of rotatable bonds is 7. The van der Waals surface area contributed by atoms with Crippen molar-refractivity contribution in [3.63, 3.8) is 0 Å². The summed E-state index contributed by atoms with van der Waals surface area (Å²) in [7, 11) is -3.52. The van der Waals surface area contributed by atoms with Crippen molar-refractivity contribution in [3.8, 4) is 0 Å². The van der Waals surface area contributed by atoms with E-state index >= 15 is 0 Å². The van der Waals surface area contributed by atoms with Crippen molar-refractivity contribution in [1.29, 1.82) is 0 Å². The number of nitrogens with two attached hydrogens (primary N) is 1. The molecule has 0 atom stereocenters. The zero-order chi connectivity index (χ0) is 15.4. The van der Waals surface area contributed by atoms with Gasteiger partial charge in [0, 0.05) is 12.0 Å². The first kappa shape index (κ1) is 17.1. The Morgan fingerprint density at radius 1 is 1.30 bits per heavy atom. The molecule has 0 spiro atoms. The van der Waals surface area contributed by atoms with Crippen molar-refractivity contribution in [2.75, 3.05) is 6.54 Å². The number of sulfonamides is 1. The van der Waals surface area contributed by atoms with Crippen molar-refractivity contribution in [2.24, 2.45) is 11.1 Å². The Kier molecular flexibility index (Phi) is 5.68. The van der Waals surface area contributed by atoms with Gasteiger partial charge in [-0.2, -0.15) is 0 Å². The van der Waals surface area contributed by atoms with Gasteiger partial charge < -0.3 is 5.73 Å². The molecule has 1 rings (SSSR count). The third-order valence-corrected chi connectivity index (χ3v) is 5.11. The van der Waals surface area contributed by atoms with E-state index in [1.165, 1.54) is 0 Å². The minimum Gasteiger partial charge on any atom is -0.393 e. The summed E-state index contributed by atoms with van der Waals surface area (Å²) in [6.07, 6.45) is 1.98. The zero-order valence-corrected chi connectivity index (χ0v) is 13.8. The molecule has 0 heterocycles. The first-order valence-electron chi connectivity index (χ1n) is 6.57. The van der Waals surface area contributed by atoms with Crippen LogP contribution in [0.25, 0.3) is 0 Å². The van der Waals surface area contributed by atoms with Crippen molar-refractivity contribution < 1.29 is 8.42 Å². The quantitative estimate of drug-likeness (QED) is 0.757. The largest absolute Gasteiger partial charge is 0.393 e. The van der Waals surface area contributed by atoms with Crippen LogP contribution in [0.15, 0.2) is 29.2 Å². The molecule has 1 aromatic rings. The Morgan fingerprint density at radius 3 is 2.30 bits per heavy atom. The van der Waals surface area contributed by atoms with Gasteiger partial charge in [-0.05, 0) is 24.1 Å². The van der Waals surface area contributed by atoms with Gasteiger partial charge in [-0.25, -0.2) is 13.1 Å². The second-order valence-corrected chi connectivity index (χ2v) is 7.67. The molecule has 0 unspecified atom stereocenters. The molecule has 0 saturated carbocycles. The van der Waals surface area contributed by atoms with Gasteiger partial charge in [-0.1, -0.05) is 51.5 Å². The molecule has 20 heavy (non-hydrogen) atoms. The van der Waals surface area contributed by atoms with Crippen LogP contribution in [-0.4, -0.2) is 20.0 Å². The predicted molar refractivity (Wildman–Crippen MR) is 86.2 cm³/mol. The van der Waals surface area contributed by atoms with E-state index in [1.54, 1.807) is 12.1 Å². The standard InChI is InChI=1S/C14H22N2O2S2/c1-4-5-11-6-8-12(9-7-11)20(17,18)16-10-14(2,3)13(15)19/h6-9,16H,4-5,10H2,1-3H3,(H2,15,19). The maximum absolute atomic E-state index is 12.2. The summed E-state index contributed by atoms with van der Waals surface area (Å²) in [5.74, 6) is 0. The minimum absolute atomic E-state index is 0.182. The molecule has 0 saturated heterocycles. The van der Waals surface area contributed by atoms with Crippen LogP contribution in [0.4, 0.5) is 0 Å². The molecule has 0 amide bonds. The highest BCUT2D eigenvalue weighted by molar-refractivity contribution is 7.89. The minimum atomic E-state index is -3.52. The highest BCUT2D eigenvalue weighted by Crippen LogP contribution is 2.16.